The van der Waals surface area contributed by atoms with E-state index in [2.05, 4.69) is 5.32 Å². The van der Waals surface area contributed by atoms with Crippen LogP contribution in [0, 0.1) is 18.7 Å². The molecule has 2 N–H and O–H groups in total. The summed E-state index contributed by atoms with van der Waals surface area (Å²) in [6, 6.07) is 11.6. The molecule has 1 fully saturated rings. The van der Waals surface area contributed by atoms with E-state index in [9.17, 15) is 14.3 Å². The van der Waals surface area contributed by atoms with Crippen molar-refractivity contribution in [2.24, 2.45) is 5.92 Å². The number of benzene rings is 2. The van der Waals surface area contributed by atoms with Gasteiger partial charge in [-0.2, -0.15) is 0 Å². The second-order valence-corrected chi connectivity index (χ2v) is 5.48. The number of amides is 1. The van der Waals surface area contributed by atoms with Gasteiger partial charge in [-0.15, -0.1) is 0 Å². The summed E-state index contributed by atoms with van der Waals surface area (Å²) in [6.07, 6.45) is 0.638. The van der Waals surface area contributed by atoms with Crippen LogP contribution in [0.2, 0.25) is 0 Å². The van der Waals surface area contributed by atoms with Gasteiger partial charge in [0.2, 0.25) is 5.91 Å². The fraction of sp³-hybridized carbons (Fsp3) is 0.235. The van der Waals surface area contributed by atoms with Crippen LogP contribution in [0.1, 0.15) is 23.5 Å². The normalized spacial score (nSPS) is 20.1. The van der Waals surface area contributed by atoms with Gasteiger partial charge < -0.3 is 10.4 Å². The Labute approximate surface area is 122 Å². The smallest absolute Gasteiger partial charge is 0.228 e. The second kappa shape index (κ2) is 5.20. The first-order valence-electron chi connectivity index (χ1n) is 6.91. The summed E-state index contributed by atoms with van der Waals surface area (Å²) in [5.74, 6) is -0.703. The summed E-state index contributed by atoms with van der Waals surface area (Å²) in [5, 5.41) is 12.5. The molecule has 21 heavy (non-hydrogen) atoms. The number of anilines is 1. The fourth-order valence-corrected chi connectivity index (χ4v) is 2.58. The number of hydrogen-bond donors (Lipinski definition) is 2. The number of hydrogen-bond acceptors (Lipinski definition) is 2. The Balaban J connectivity index is 1.70. The molecule has 1 aliphatic carbocycles. The van der Waals surface area contributed by atoms with E-state index in [1.54, 1.807) is 30.3 Å². The van der Waals surface area contributed by atoms with Crippen molar-refractivity contribution in [3.8, 4) is 5.75 Å². The van der Waals surface area contributed by atoms with Crippen LogP contribution in [0.4, 0.5) is 10.1 Å². The molecule has 3 nitrogen and oxygen atoms in total. The summed E-state index contributed by atoms with van der Waals surface area (Å²) in [6.45, 7) is 1.86. The molecule has 0 aliphatic heterocycles. The van der Waals surface area contributed by atoms with Crippen LogP contribution in [0.25, 0.3) is 0 Å². The maximum absolute atomic E-state index is 13.7. The average molecular weight is 285 g/mol. The Bertz CT molecular complexity index is 699. The van der Waals surface area contributed by atoms with E-state index < -0.39 is 0 Å². The Morgan fingerprint density at radius 3 is 2.76 bits per heavy atom. The SMILES string of the molecule is Cc1ccc(NC(=O)[C@@H]2C[C@@H]2c2ccccc2F)c(O)c1. The molecule has 2 aromatic rings. The number of carbonyl (C=O) groups excluding carboxylic acids is 1. The summed E-state index contributed by atoms with van der Waals surface area (Å²) >= 11 is 0. The summed E-state index contributed by atoms with van der Waals surface area (Å²) in [5.41, 5.74) is 1.90. The molecule has 0 aromatic heterocycles. The lowest BCUT2D eigenvalue weighted by Crippen LogP contribution is -2.14. The lowest BCUT2D eigenvalue weighted by Gasteiger charge is -2.08. The molecular formula is C17H16FNO2. The molecule has 3 rings (SSSR count). The molecule has 4 heteroatoms. The summed E-state index contributed by atoms with van der Waals surface area (Å²) in [4.78, 5) is 12.2. The zero-order valence-electron chi connectivity index (χ0n) is 11.6. The van der Waals surface area contributed by atoms with Crippen LogP contribution >= 0.6 is 0 Å². The third kappa shape index (κ3) is 2.75. The van der Waals surface area contributed by atoms with Gasteiger partial charge in [-0.1, -0.05) is 24.3 Å². The number of nitrogens with one attached hydrogen (secondary N) is 1. The van der Waals surface area contributed by atoms with E-state index in [1.165, 1.54) is 6.07 Å². The molecule has 1 amide bonds. The summed E-state index contributed by atoms with van der Waals surface area (Å²) in [7, 11) is 0. The molecule has 2 aromatic carbocycles. The van der Waals surface area contributed by atoms with E-state index in [1.807, 2.05) is 13.0 Å². The van der Waals surface area contributed by atoms with Gasteiger partial charge in [0.15, 0.2) is 0 Å². The molecule has 0 saturated heterocycles. The fourth-order valence-electron chi connectivity index (χ4n) is 2.58. The molecule has 1 aliphatic rings. The monoisotopic (exact) mass is 285 g/mol. The molecule has 0 radical (unpaired) electrons. The first-order chi connectivity index (χ1) is 10.1. The Morgan fingerprint density at radius 1 is 1.29 bits per heavy atom. The van der Waals surface area contributed by atoms with E-state index in [0.29, 0.717) is 17.7 Å². The third-order valence-corrected chi connectivity index (χ3v) is 3.84. The van der Waals surface area contributed by atoms with Crippen molar-refractivity contribution in [1.29, 1.82) is 0 Å². The quantitative estimate of drug-likeness (QED) is 0.847. The maximum atomic E-state index is 13.7. The van der Waals surface area contributed by atoms with Crippen LogP contribution in [0.3, 0.4) is 0 Å². The van der Waals surface area contributed by atoms with Crippen molar-refractivity contribution in [1.82, 2.24) is 0 Å². The third-order valence-electron chi connectivity index (χ3n) is 3.84. The van der Waals surface area contributed by atoms with E-state index >= 15 is 0 Å². The predicted molar refractivity (Wildman–Crippen MR) is 78.7 cm³/mol. The van der Waals surface area contributed by atoms with Crippen LogP contribution in [0.15, 0.2) is 42.5 Å². The van der Waals surface area contributed by atoms with Crippen LogP contribution in [-0.2, 0) is 4.79 Å². The van der Waals surface area contributed by atoms with Crippen molar-refractivity contribution >= 4 is 11.6 Å². The molecule has 2 atom stereocenters. The van der Waals surface area contributed by atoms with Crippen molar-refractivity contribution in [2.75, 3.05) is 5.32 Å². The standard InChI is InChI=1S/C17H16FNO2/c1-10-6-7-15(16(20)8-10)19-17(21)13-9-12(13)11-4-2-3-5-14(11)18/h2-8,12-13,20H,9H2,1H3,(H,19,21)/t12-,13-/m1/s1. The minimum absolute atomic E-state index is 0.0476. The maximum Gasteiger partial charge on any atom is 0.228 e. The molecule has 0 unspecified atom stereocenters. The second-order valence-electron chi connectivity index (χ2n) is 5.48. The number of carbonyl (C=O) groups is 1. The lowest BCUT2D eigenvalue weighted by atomic mass is 10.1. The number of aryl methyl sites for hydroxylation is 1. The molecule has 0 spiro atoms. The van der Waals surface area contributed by atoms with Gasteiger partial charge in [0.05, 0.1) is 5.69 Å². The van der Waals surface area contributed by atoms with Crippen LogP contribution in [0.5, 0.6) is 5.75 Å². The van der Waals surface area contributed by atoms with Gasteiger partial charge in [-0.05, 0) is 48.6 Å². The lowest BCUT2D eigenvalue weighted by molar-refractivity contribution is -0.117. The van der Waals surface area contributed by atoms with Crippen LogP contribution < -0.4 is 5.32 Å². The van der Waals surface area contributed by atoms with Gasteiger partial charge in [0.25, 0.3) is 0 Å². The predicted octanol–water partition coefficient (Wildman–Crippen LogP) is 3.58. The van der Waals surface area contributed by atoms with Gasteiger partial charge in [-0.25, -0.2) is 4.39 Å². The van der Waals surface area contributed by atoms with Gasteiger partial charge in [-0.3, -0.25) is 4.79 Å². The van der Waals surface area contributed by atoms with Crippen molar-refractivity contribution in [3.05, 3.63) is 59.4 Å². The number of phenolic OH excluding ortho intramolecular Hbond substituents is 1. The van der Waals surface area contributed by atoms with Crippen molar-refractivity contribution in [2.45, 2.75) is 19.3 Å². The zero-order chi connectivity index (χ0) is 15.0. The highest BCUT2D eigenvalue weighted by Gasteiger charge is 2.45. The van der Waals surface area contributed by atoms with Crippen molar-refractivity contribution in [3.63, 3.8) is 0 Å². The Morgan fingerprint density at radius 2 is 2.05 bits per heavy atom. The highest BCUT2D eigenvalue weighted by Crippen LogP contribution is 2.48. The number of rotatable bonds is 3. The topological polar surface area (TPSA) is 49.3 Å². The highest BCUT2D eigenvalue weighted by molar-refractivity contribution is 5.96. The van der Waals surface area contributed by atoms with Gasteiger partial charge >= 0.3 is 0 Å². The van der Waals surface area contributed by atoms with E-state index in [-0.39, 0.29) is 29.3 Å². The molecular weight excluding hydrogens is 269 g/mol. The van der Waals surface area contributed by atoms with Crippen LogP contribution in [-0.4, -0.2) is 11.0 Å². The number of aromatic hydroxyl groups is 1. The molecule has 0 heterocycles. The van der Waals surface area contributed by atoms with E-state index in [4.69, 9.17) is 0 Å². The minimum atomic E-state index is -0.268. The average Bonchev–Trinajstić information content (AvgIpc) is 3.23. The zero-order valence-corrected chi connectivity index (χ0v) is 11.6. The molecule has 0 bridgehead atoms. The van der Waals surface area contributed by atoms with Crippen molar-refractivity contribution < 1.29 is 14.3 Å². The minimum Gasteiger partial charge on any atom is -0.506 e. The first kappa shape index (κ1) is 13.6. The number of halogens is 1. The molecule has 108 valence electrons. The largest absolute Gasteiger partial charge is 0.506 e. The summed E-state index contributed by atoms with van der Waals surface area (Å²) < 4.78 is 13.7. The van der Waals surface area contributed by atoms with Gasteiger partial charge in [0, 0.05) is 5.92 Å². The first-order valence-corrected chi connectivity index (χ1v) is 6.91. The molecule has 1 saturated carbocycles. The highest BCUT2D eigenvalue weighted by atomic mass is 19.1. The Kier molecular flexibility index (Phi) is 3.37. The Hall–Kier alpha value is -2.36. The number of phenols is 1. The van der Waals surface area contributed by atoms with E-state index in [0.717, 1.165) is 5.56 Å². The van der Waals surface area contributed by atoms with Gasteiger partial charge in [0.1, 0.15) is 11.6 Å².